The number of ether oxygens (including phenoxy) is 1. The van der Waals surface area contributed by atoms with Crippen molar-refractivity contribution in [3.63, 3.8) is 0 Å². The molecule has 0 spiro atoms. The summed E-state index contributed by atoms with van der Waals surface area (Å²) >= 11 is 0. The van der Waals surface area contributed by atoms with Crippen molar-refractivity contribution in [3.05, 3.63) is 29.3 Å². The first kappa shape index (κ1) is 11.9. The standard InChI is InChI=1S/C11H15F2NO/c1-14-7-6-8-9(11(12)13)4-3-5-10(8)15-2/h3-5,11,14H,6-7H2,1-2H3. The summed E-state index contributed by atoms with van der Waals surface area (Å²) in [5, 5.41) is 2.93. The Morgan fingerprint density at radius 3 is 2.67 bits per heavy atom. The second-order valence-corrected chi connectivity index (χ2v) is 3.18. The molecule has 0 aliphatic carbocycles. The first-order valence-corrected chi connectivity index (χ1v) is 4.79. The predicted octanol–water partition coefficient (Wildman–Crippen LogP) is 2.39. The lowest BCUT2D eigenvalue weighted by Crippen LogP contribution is -2.12. The van der Waals surface area contributed by atoms with Gasteiger partial charge in [0.1, 0.15) is 5.75 Å². The van der Waals surface area contributed by atoms with Crippen LogP contribution in [0, 0.1) is 0 Å². The third-order valence-electron chi connectivity index (χ3n) is 2.25. The number of likely N-dealkylation sites (N-methyl/N-ethyl adjacent to an activating group) is 1. The van der Waals surface area contributed by atoms with Crippen LogP contribution in [0.4, 0.5) is 8.78 Å². The zero-order valence-electron chi connectivity index (χ0n) is 8.89. The number of alkyl halides is 2. The van der Waals surface area contributed by atoms with E-state index in [2.05, 4.69) is 5.32 Å². The highest BCUT2D eigenvalue weighted by atomic mass is 19.3. The smallest absolute Gasteiger partial charge is 0.264 e. The van der Waals surface area contributed by atoms with Crippen LogP contribution < -0.4 is 10.1 Å². The van der Waals surface area contributed by atoms with Crippen molar-refractivity contribution in [3.8, 4) is 5.75 Å². The highest BCUT2D eigenvalue weighted by molar-refractivity contribution is 5.41. The second kappa shape index (κ2) is 5.66. The summed E-state index contributed by atoms with van der Waals surface area (Å²) in [5.74, 6) is 0.531. The number of nitrogens with one attached hydrogen (secondary N) is 1. The molecule has 15 heavy (non-hydrogen) atoms. The molecule has 0 saturated carbocycles. The Labute approximate surface area is 88.3 Å². The van der Waals surface area contributed by atoms with Crippen LogP contribution in [0.3, 0.4) is 0 Å². The third kappa shape index (κ3) is 2.89. The van der Waals surface area contributed by atoms with Crippen molar-refractivity contribution in [2.24, 2.45) is 0 Å². The highest BCUT2D eigenvalue weighted by Crippen LogP contribution is 2.29. The number of methoxy groups -OCH3 is 1. The molecular formula is C11H15F2NO. The SMILES string of the molecule is CNCCc1c(OC)cccc1C(F)F. The Morgan fingerprint density at radius 1 is 1.40 bits per heavy atom. The molecule has 0 aromatic heterocycles. The number of halogens is 2. The molecule has 0 aliphatic heterocycles. The van der Waals surface area contributed by atoms with Gasteiger partial charge in [0.25, 0.3) is 6.43 Å². The largest absolute Gasteiger partial charge is 0.496 e. The van der Waals surface area contributed by atoms with Gasteiger partial charge in [0.2, 0.25) is 0 Å². The molecule has 0 amide bonds. The minimum atomic E-state index is -2.45. The van der Waals surface area contributed by atoms with Gasteiger partial charge in [0.15, 0.2) is 0 Å². The summed E-state index contributed by atoms with van der Waals surface area (Å²) in [5.41, 5.74) is 0.647. The topological polar surface area (TPSA) is 21.3 Å². The maximum Gasteiger partial charge on any atom is 0.264 e. The van der Waals surface area contributed by atoms with Crippen molar-refractivity contribution in [1.29, 1.82) is 0 Å². The van der Waals surface area contributed by atoms with Gasteiger partial charge in [-0.1, -0.05) is 12.1 Å². The number of benzene rings is 1. The van der Waals surface area contributed by atoms with E-state index in [0.717, 1.165) is 0 Å². The number of hydrogen-bond donors (Lipinski definition) is 1. The minimum Gasteiger partial charge on any atom is -0.496 e. The van der Waals surface area contributed by atoms with Gasteiger partial charge >= 0.3 is 0 Å². The monoisotopic (exact) mass is 215 g/mol. The molecule has 1 rings (SSSR count). The lowest BCUT2D eigenvalue weighted by Gasteiger charge is -2.13. The third-order valence-corrected chi connectivity index (χ3v) is 2.25. The molecule has 1 aromatic rings. The molecule has 0 saturated heterocycles. The zero-order valence-corrected chi connectivity index (χ0v) is 8.89. The Kier molecular flexibility index (Phi) is 4.49. The molecule has 0 aliphatic rings. The summed E-state index contributed by atoms with van der Waals surface area (Å²) in [6.45, 7) is 0.653. The van der Waals surface area contributed by atoms with Crippen LogP contribution in [-0.2, 0) is 6.42 Å². The molecule has 0 unspecified atom stereocenters. The molecule has 0 atom stereocenters. The van der Waals surface area contributed by atoms with E-state index in [1.165, 1.54) is 13.2 Å². The van der Waals surface area contributed by atoms with Crippen LogP contribution in [0.15, 0.2) is 18.2 Å². The van der Waals surface area contributed by atoms with Gasteiger partial charge in [0, 0.05) is 11.1 Å². The van der Waals surface area contributed by atoms with Crippen molar-refractivity contribution >= 4 is 0 Å². The Bertz CT molecular complexity index is 315. The van der Waals surface area contributed by atoms with E-state index in [1.54, 1.807) is 19.2 Å². The van der Waals surface area contributed by atoms with Crippen molar-refractivity contribution in [2.45, 2.75) is 12.8 Å². The van der Waals surface area contributed by atoms with E-state index in [0.29, 0.717) is 24.3 Å². The molecule has 1 aromatic carbocycles. The molecule has 0 fully saturated rings. The van der Waals surface area contributed by atoms with Gasteiger partial charge in [0.05, 0.1) is 7.11 Å². The highest BCUT2D eigenvalue weighted by Gasteiger charge is 2.15. The summed E-state index contributed by atoms with van der Waals surface area (Å²) in [6, 6.07) is 4.73. The van der Waals surface area contributed by atoms with Crippen molar-refractivity contribution in [1.82, 2.24) is 5.32 Å². The summed E-state index contributed by atoms with van der Waals surface area (Å²) in [4.78, 5) is 0. The Morgan fingerprint density at radius 2 is 2.13 bits per heavy atom. The lowest BCUT2D eigenvalue weighted by atomic mass is 10.0. The number of hydrogen-bond acceptors (Lipinski definition) is 2. The van der Waals surface area contributed by atoms with Gasteiger partial charge in [-0.15, -0.1) is 0 Å². The van der Waals surface area contributed by atoms with E-state index in [1.807, 2.05) is 0 Å². The second-order valence-electron chi connectivity index (χ2n) is 3.18. The first-order chi connectivity index (χ1) is 7.20. The summed E-state index contributed by atoms with van der Waals surface area (Å²) in [6.07, 6.45) is -1.91. The fourth-order valence-electron chi connectivity index (χ4n) is 1.50. The van der Waals surface area contributed by atoms with Gasteiger partial charge in [-0.25, -0.2) is 8.78 Å². The lowest BCUT2D eigenvalue weighted by molar-refractivity contribution is 0.149. The average Bonchev–Trinajstić information content (AvgIpc) is 2.25. The van der Waals surface area contributed by atoms with Gasteiger partial charge in [-0.05, 0) is 26.1 Å². The predicted molar refractivity (Wildman–Crippen MR) is 55.6 cm³/mol. The first-order valence-electron chi connectivity index (χ1n) is 4.79. The minimum absolute atomic E-state index is 0.0598. The van der Waals surface area contributed by atoms with Crippen molar-refractivity contribution in [2.75, 3.05) is 20.7 Å². The van der Waals surface area contributed by atoms with E-state index >= 15 is 0 Å². The molecular weight excluding hydrogens is 200 g/mol. The van der Waals surface area contributed by atoms with E-state index < -0.39 is 6.43 Å². The number of rotatable bonds is 5. The summed E-state index contributed by atoms with van der Waals surface area (Å²) in [7, 11) is 3.28. The molecule has 0 radical (unpaired) electrons. The fourth-order valence-corrected chi connectivity index (χ4v) is 1.50. The maximum atomic E-state index is 12.7. The average molecular weight is 215 g/mol. The van der Waals surface area contributed by atoms with Crippen LogP contribution in [0.1, 0.15) is 17.6 Å². The Hall–Kier alpha value is -1.16. The van der Waals surface area contributed by atoms with Crippen LogP contribution in [0.2, 0.25) is 0 Å². The quantitative estimate of drug-likeness (QED) is 0.814. The molecule has 4 heteroatoms. The summed E-state index contributed by atoms with van der Waals surface area (Å²) < 4.78 is 30.5. The molecule has 0 bridgehead atoms. The van der Waals surface area contributed by atoms with Gasteiger partial charge in [-0.2, -0.15) is 0 Å². The molecule has 1 N–H and O–H groups in total. The fraction of sp³-hybridized carbons (Fsp3) is 0.455. The van der Waals surface area contributed by atoms with Crippen LogP contribution in [-0.4, -0.2) is 20.7 Å². The van der Waals surface area contributed by atoms with E-state index in [9.17, 15) is 8.78 Å². The van der Waals surface area contributed by atoms with Crippen LogP contribution in [0.5, 0.6) is 5.75 Å². The molecule has 0 heterocycles. The van der Waals surface area contributed by atoms with Crippen molar-refractivity contribution < 1.29 is 13.5 Å². The van der Waals surface area contributed by atoms with Gasteiger partial charge < -0.3 is 10.1 Å². The van der Waals surface area contributed by atoms with Crippen LogP contribution >= 0.6 is 0 Å². The maximum absolute atomic E-state index is 12.7. The van der Waals surface area contributed by atoms with Crippen LogP contribution in [0.25, 0.3) is 0 Å². The molecule has 84 valence electrons. The zero-order chi connectivity index (χ0) is 11.3. The Balaban J connectivity index is 3.03. The van der Waals surface area contributed by atoms with E-state index in [4.69, 9.17) is 4.74 Å². The van der Waals surface area contributed by atoms with E-state index in [-0.39, 0.29) is 5.56 Å². The van der Waals surface area contributed by atoms with Gasteiger partial charge in [-0.3, -0.25) is 0 Å². The molecule has 2 nitrogen and oxygen atoms in total. The normalized spacial score (nSPS) is 10.7.